The number of nitrogens with zero attached hydrogens (tertiary/aromatic N) is 2. The van der Waals surface area contributed by atoms with E-state index >= 15 is 0 Å². The largest absolute Gasteiger partial charge is 0.618 e. The van der Waals surface area contributed by atoms with Gasteiger partial charge < -0.3 is 10.5 Å². The monoisotopic (exact) mass is 345 g/mol. The second-order valence-corrected chi connectivity index (χ2v) is 7.17. The Morgan fingerprint density at radius 3 is 2.96 bits per heavy atom. The lowest BCUT2D eigenvalue weighted by molar-refractivity contribution is -0.607. The third-order valence-electron chi connectivity index (χ3n) is 3.25. The maximum Gasteiger partial charge on any atom is 0.317 e. The second kappa shape index (κ2) is 6.89. The zero-order valence-electron chi connectivity index (χ0n) is 12.5. The molecular weight excluding hydrogens is 330 g/mol. The van der Waals surface area contributed by atoms with Crippen LogP contribution >= 0.6 is 22.7 Å². The number of thiazole rings is 1. The van der Waals surface area contributed by atoms with E-state index in [9.17, 15) is 10.0 Å². The van der Waals surface area contributed by atoms with Crippen LogP contribution in [0.3, 0.4) is 0 Å². The van der Waals surface area contributed by atoms with Gasteiger partial charge >= 0.3 is 5.91 Å². The quantitative estimate of drug-likeness (QED) is 0.571. The molecule has 0 aliphatic carbocycles. The second-order valence-electron chi connectivity index (χ2n) is 4.94. The summed E-state index contributed by atoms with van der Waals surface area (Å²) < 4.78 is 0.573. The molecule has 3 heterocycles. The zero-order valence-corrected chi connectivity index (χ0v) is 14.1. The number of hydrogen-bond acceptors (Lipinski definition) is 5. The van der Waals surface area contributed by atoms with E-state index in [1.54, 1.807) is 34.8 Å². The van der Waals surface area contributed by atoms with Crippen LogP contribution in [-0.2, 0) is 6.42 Å². The minimum atomic E-state index is -0.354. The maximum absolute atomic E-state index is 11.9. The van der Waals surface area contributed by atoms with Crippen molar-refractivity contribution in [1.82, 2.24) is 10.3 Å². The summed E-state index contributed by atoms with van der Waals surface area (Å²) in [6, 6.07) is 8.88. The molecule has 0 radical (unpaired) electrons. The van der Waals surface area contributed by atoms with Gasteiger partial charge in [0.25, 0.3) is 5.69 Å². The van der Waals surface area contributed by atoms with E-state index in [4.69, 9.17) is 0 Å². The fourth-order valence-electron chi connectivity index (χ4n) is 2.12. The molecule has 0 spiro atoms. The molecule has 0 atom stereocenters. The summed E-state index contributed by atoms with van der Waals surface area (Å²) in [6.45, 7) is 2.48. The molecule has 0 aromatic carbocycles. The fraction of sp³-hybridized carbons (Fsp3) is 0.188. The van der Waals surface area contributed by atoms with Gasteiger partial charge in [-0.25, -0.2) is 4.98 Å². The average Bonchev–Trinajstić information content (AvgIpc) is 3.16. The van der Waals surface area contributed by atoms with Gasteiger partial charge in [0.1, 0.15) is 0 Å². The number of thiophene rings is 1. The molecular formula is C16H15N3O2S2. The van der Waals surface area contributed by atoms with Crippen molar-refractivity contribution in [3.63, 3.8) is 0 Å². The maximum atomic E-state index is 11.9. The Hall–Kier alpha value is -2.25. The Kier molecular flexibility index (Phi) is 4.68. The Bertz CT molecular complexity index is 826. The predicted octanol–water partition coefficient (Wildman–Crippen LogP) is 2.79. The van der Waals surface area contributed by atoms with Gasteiger partial charge in [0.05, 0.1) is 15.6 Å². The van der Waals surface area contributed by atoms with Crippen molar-refractivity contribution in [1.29, 1.82) is 0 Å². The molecule has 0 unspecified atom stereocenters. The Morgan fingerprint density at radius 2 is 2.22 bits per heavy atom. The fourth-order valence-corrected chi connectivity index (χ4v) is 3.78. The van der Waals surface area contributed by atoms with Gasteiger partial charge in [-0.05, 0) is 31.5 Å². The van der Waals surface area contributed by atoms with Crippen LogP contribution in [0.1, 0.15) is 20.4 Å². The average molecular weight is 345 g/mol. The molecule has 0 bridgehead atoms. The van der Waals surface area contributed by atoms with E-state index in [1.807, 2.05) is 6.92 Å². The van der Waals surface area contributed by atoms with Crippen molar-refractivity contribution in [2.75, 3.05) is 6.54 Å². The lowest BCUT2D eigenvalue weighted by Crippen LogP contribution is -2.39. The molecule has 7 heteroatoms. The van der Waals surface area contributed by atoms with E-state index in [-0.39, 0.29) is 11.6 Å². The van der Waals surface area contributed by atoms with Crippen LogP contribution in [-0.4, -0.2) is 17.4 Å². The minimum Gasteiger partial charge on any atom is -0.618 e. The van der Waals surface area contributed by atoms with Crippen LogP contribution in [0, 0.1) is 12.1 Å². The lowest BCUT2D eigenvalue weighted by Gasteiger charge is -2.04. The Morgan fingerprint density at radius 1 is 1.35 bits per heavy atom. The van der Waals surface area contributed by atoms with Gasteiger partial charge in [-0.15, -0.1) is 22.7 Å². The highest BCUT2D eigenvalue weighted by Crippen LogP contribution is 2.29. The summed E-state index contributed by atoms with van der Waals surface area (Å²) in [5.41, 5.74) is 1.11. The van der Waals surface area contributed by atoms with Gasteiger partial charge in [-0.1, -0.05) is 0 Å². The van der Waals surface area contributed by atoms with Crippen molar-refractivity contribution in [2.45, 2.75) is 13.3 Å². The number of aryl methyl sites for hydroxylation is 1. The van der Waals surface area contributed by atoms with Gasteiger partial charge in [-0.2, -0.15) is 4.73 Å². The van der Waals surface area contributed by atoms with Gasteiger partial charge in [0.2, 0.25) is 0 Å². The number of carbonyl (C=O) groups excluding carboxylic acids is 1. The first-order valence-corrected chi connectivity index (χ1v) is 8.81. The summed E-state index contributed by atoms with van der Waals surface area (Å²) in [5.74, 6) is -0.354. The van der Waals surface area contributed by atoms with Crippen LogP contribution in [0.5, 0.6) is 0 Å². The molecule has 3 rings (SSSR count). The summed E-state index contributed by atoms with van der Waals surface area (Å²) in [4.78, 5) is 18.7. The zero-order chi connectivity index (χ0) is 16.2. The molecule has 5 nitrogen and oxygen atoms in total. The van der Waals surface area contributed by atoms with Crippen molar-refractivity contribution in [3.8, 4) is 10.6 Å². The summed E-state index contributed by atoms with van der Waals surface area (Å²) in [7, 11) is 0. The smallest absolute Gasteiger partial charge is 0.317 e. The van der Waals surface area contributed by atoms with Gasteiger partial charge in [-0.3, -0.25) is 4.79 Å². The van der Waals surface area contributed by atoms with E-state index in [1.165, 1.54) is 17.1 Å². The molecule has 0 aliphatic rings. The van der Waals surface area contributed by atoms with Gasteiger partial charge in [0.15, 0.2) is 6.20 Å². The molecule has 118 valence electrons. The van der Waals surface area contributed by atoms with Gasteiger partial charge in [0, 0.05) is 28.9 Å². The minimum absolute atomic E-state index is 0.109. The third-order valence-corrected chi connectivity index (χ3v) is 5.19. The number of aromatic nitrogens is 2. The SMILES string of the molecule is Cc1nc(-c2ccc(CCNC(=O)c3cccc[n+]3[O-])s2)cs1. The lowest BCUT2D eigenvalue weighted by atomic mass is 10.3. The van der Waals surface area contributed by atoms with Crippen LogP contribution in [0.15, 0.2) is 41.9 Å². The molecule has 23 heavy (non-hydrogen) atoms. The molecule has 1 amide bonds. The molecule has 0 saturated heterocycles. The van der Waals surface area contributed by atoms with Crippen molar-refractivity contribution >= 4 is 28.6 Å². The molecule has 3 aromatic rings. The predicted molar refractivity (Wildman–Crippen MR) is 91.6 cm³/mol. The Labute approximate surface area is 141 Å². The number of rotatable bonds is 5. The Balaban J connectivity index is 1.56. The number of hydrogen-bond donors (Lipinski definition) is 1. The van der Waals surface area contributed by atoms with Crippen LogP contribution in [0.25, 0.3) is 10.6 Å². The van der Waals surface area contributed by atoms with Crippen molar-refractivity contribution < 1.29 is 9.52 Å². The van der Waals surface area contributed by atoms with E-state index in [2.05, 4.69) is 27.8 Å². The number of carbonyl (C=O) groups is 1. The molecule has 0 aliphatic heterocycles. The first-order valence-electron chi connectivity index (χ1n) is 7.11. The molecule has 0 fully saturated rings. The first-order chi connectivity index (χ1) is 11.1. The van der Waals surface area contributed by atoms with E-state index in [0.29, 0.717) is 11.3 Å². The number of nitrogens with one attached hydrogen (secondary N) is 1. The highest BCUT2D eigenvalue weighted by atomic mass is 32.1. The highest BCUT2D eigenvalue weighted by molar-refractivity contribution is 7.16. The first kappa shape index (κ1) is 15.6. The molecule has 1 N–H and O–H groups in total. The standard InChI is InChI=1S/C16H15N3O2S2/c1-11-18-13(10-22-11)15-6-5-12(23-15)7-8-17-16(20)14-4-2-3-9-19(14)21/h2-6,9-10H,7-8H2,1H3,(H,17,20). The third kappa shape index (κ3) is 3.75. The molecule has 3 aromatic heterocycles. The van der Waals surface area contributed by atoms with Crippen molar-refractivity contribution in [2.24, 2.45) is 0 Å². The van der Waals surface area contributed by atoms with Crippen LogP contribution < -0.4 is 10.0 Å². The molecule has 0 saturated carbocycles. The number of amides is 1. The summed E-state index contributed by atoms with van der Waals surface area (Å²) in [6.07, 6.45) is 2.04. The highest BCUT2D eigenvalue weighted by Gasteiger charge is 2.14. The van der Waals surface area contributed by atoms with Crippen LogP contribution in [0.4, 0.5) is 0 Å². The van der Waals surface area contributed by atoms with E-state index < -0.39 is 0 Å². The summed E-state index contributed by atoms with van der Waals surface area (Å²) >= 11 is 3.31. The number of pyridine rings is 1. The normalized spacial score (nSPS) is 10.7. The topological polar surface area (TPSA) is 68.9 Å². The van der Waals surface area contributed by atoms with Crippen molar-refractivity contribution in [3.05, 3.63) is 62.7 Å². The van der Waals surface area contributed by atoms with E-state index in [0.717, 1.165) is 22.0 Å². The van der Waals surface area contributed by atoms with Crippen LogP contribution in [0.2, 0.25) is 0 Å². The summed E-state index contributed by atoms with van der Waals surface area (Å²) in [5, 5.41) is 17.4.